The van der Waals surface area contributed by atoms with E-state index < -0.39 is 5.82 Å². The normalized spacial score (nSPS) is 10.7. The molecule has 4 rings (SSSR count). The quantitative estimate of drug-likeness (QED) is 0.600. The third-order valence-corrected chi connectivity index (χ3v) is 3.92. The topological polar surface area (TPSA) is 65.4 Å². The molecule has 4 nitrogen and oxygen atoms in total. The molecule has 24 heavy (non-hydrogen) atoms. The van der Waals surface area contributed by atoms with Crippen molar-refractivity contribution in [3.05, 3.63) is 72.3 Å². The van der Waals surface area contributed by atoms with Crippen LogP contribution in [0.2, 0.25) is 0 Å². The SMILES string of the molecule is N#Cc1ccc(-c2ncccc2-c2ccc3[nH]ncc3c2)cc1F. The number of hydrogen-bond acceptors (Lipinski definition) is 3. The number of H-pyrrole nitrogens is 1. The van der Waals surface area contributed by atoms with Gasteiger partial charge < -0.3 is 0 Å². The number of nitrogens with one attached hydrogen (secondary N) is 1. The van der Waals surface area contributed by atoms with E-state index in [-0.39, 0.29) is 5.56 Å². The third-order valence-electron chi connectivity index (χ3n) is 3.92. The van der Waals surface area contributed by atoms with Crippen molar-refractivity contribution in [2.45, 2.75) is 0 Å². The monoisotopic (exact) mass is 314 g/mol. The number of rotatable bonds is 2. The van der Waals surface area contributed by atoms with Crippen molar-refractivity contribution in [1.29, 1.82) is 5.26 Å². The summed E-state index contributed by atoms with van der Waals surface area (Å²) in [6.45, 7) is 0. The molecule has 1 N–H and O–H groups in total. The molecule has 0 aliphatic carbocycles. The summed E-state index contributed by atoms with van der Waals surface area (Å²) in [5.74, 6) is -0.545. The van der Waals surface area contributed by atoms with Crippen molar-refractivity contribution >= 4 is 10.9 Å². The fraction of sp³-hybridized carbons (Fsp3) is 0. The van der Waals surface area contributed by atoms with Crippen LogP contribution < -0.4 is 0 Å². The van der Waals surface area contributed by atoms with Crippen LogP contribution in [0.1, 0.15) is 5.56 Å². The van der Waals surface area contributed by atoms with E-state index in [1.54, 1.807) is 18.5 Å². The van der Waals surface area contributed by atoms with Gasteiger partial charge in [-0.25, -0.2) is 4.39 Å². The minimum atomic E-state index is -0.545. The molecule has 0 aliphatic rings. The van der Waals surface area contributed by atoms with Crippen LogP contribution in [0.4, 0.5) is 4.39 Å². The lowest BCUT2D eigenvalue weighted by atomic mass is 9.98. The van der Waals surface area contributed by atoms with Gasteiger partial charge in [-0.1, -0.05) is 18.2 Å². The number of aromatic nitrogens is 3. The Bertz CT molecular complexity index is 1090. The number of halogens is 1. The lowest BCUT2D eigenvalue weighted by Crippen LogP contribution is -1.91. The smallest absolute Gasteiger partial charge is 0.141 e. The first-order chi connectivity index (χ1) is 11.8. The van der Waals surface area contributed by atoms with Crippen LogP contribution in [-0.2, 0) is 0 Å². The van der Waals surface area contributed by atoms with Gasteiger partial charge in [0.05, 0.1) is 23.0 Å². The molecule has 0 bridgehead atoms. The Morgan fingerprint density at radius 2 is 1.92 bits per heavy atom. The summed E-state index contributed by atoms with van der Waals surface area (Å²) >= 11 is 0. The first-order valence-electron chi connectivity index (χ1n) is 7.35. The molecule has 2 heterocycles. The van der Waals surface area contributed by atoms with Crippen molar-refractivity contribution in [3.63, 3.8) is 0 Å². The molecule has 2 aromatic heterocycles. The zero-order valence-electron chi connectivity index (χ0n) is 12.5. The Kier molecular flexibility index (Phi) is 3.29. The molecule has 5 heteroatoms. The fourth-order valence-corrected chi connectivity index (χ4v) is 2.73. The zero-order valence-corrected chi connectivity index (χ0v) is 12.5. The molecule has 0 radical (unpaired) electrons. The van der Waals surface area contributed by atoms with E-state index in [0.29, 0.717) is 11.3 Å². The van der Waals surface area contributed by atoms with E-state index in [2.05, 4.69) is 15.2 Å². The van der Waals surface area contributed by atoms with E-state index in [9.17, 15) is 4.39 Å². The first-order valence-corrected chi connectivity index (χ1v) is 7.35. The summed E-state index contributed by atoms with van der Waals surface area (Å²) < 4.78 is 14.0. The van der Waals surface area contributed by atoms with Gasteiger partial charge >= 0.3 is 0 Å². The maximum atomic E-state index is 14.0. The fourth-order valence-electron chi connectivity index (χ4n) is 2.73. The van der Waals surface area contributed by atoms with Crippen molar-refractivity contribution in [2.24, 2.45) is 0 Å². The van der Waals surface area contributed by atoms with E-state index in [0.717, 1.165) is 22.0 Å². The summed E-state index contributed by atoms with van der Waals surface area (Å²) in [7, 11) is 0. The first kappa shape index (κ1) is 14.1. The van der Waals surface area contributed by atoms with Crippen LogP contribution in [0, 0.1) is 17.1 Å². The molecule has 114 valence electrons. The Morgan fingerprint density at radius 3 is 2.75 bits per heavy atom. The molecular formula is C19H11FN4. The minimum absolute atomic E-state index is 0.0241. The average Bonchev–Trinajstić information content (AvgIpc) is 3.09. The number of aromatic amines is 1. The van der Waals surface area contributed by atoms with Crippen molar-refractivity contribution < 1.29 is 4.39 Å². The van der Waals surface area contributed by atoms with E-state index in [1.807, 2.05) is 36.4 Å². The minimum Gasteiger partial charge on any atom is -0.278 e. The molecule has 0 amide bonds. The molecule has 0 fully saturated rings. The second-order valence-corrected chi connectivity index (χ2v) is 5.38. The Hall–Kier alpha value is -3.52. The molecule has 0 saturated heterocycles. The highest BCUT2D eigenvalue weighted by Gasteiger charge is 2.12. The van der Waals surface area contributed by atoms with Crippen LogP contribution in [-0.4, -0.2) is 15.2 Å². The second-order valence-electron chi connectivity index (χ2n) is 5.38. The molecule has 0 atom stereocenters. The number of nitrogens with zero attached hydrogens (tertiary/aromatic N) is 3. The van der Waals surface area contributed by atoms with Crippen LogP contribution in [0.25, 0.3) is 33.3 Å². The Morgan fingerprint density at radius 1 is 1.04 bits per heavy atom. The van der Waals surface area contributed by atoms with Gasteiger partial charge in [-0.2, -0.15) is 10.4 Å². The maximum Gasteiger partial charge on any atom is 0.141 e. The third kappa shape index (κ3) is 2.31. The van der Waals surface area contributed by atoms with Gasteiger partial charge in [-0.3, -0.25) is 10.1 Å². The highest BCUT2D eigenvalue weighted by atomic mass is 19.1. The number of hydrogen-bond donors (Lipinski definition) is 1. The van der Waals surface area contributed by atoms with E-state index >= 15 is 0 Å². The Labute approximate surface area is 137 Å². The van der Waals surface area contributed by atoms with Gasteiger partial charge in [0.15, 0.2) is 0 Å². The summed E-state index contributed by atoms with van der Waals surface area (Å²) in [6.07, 6.45) is 3.43. The largest absolute Gasteiger partial charge is 0.278 e. The van der Waals surface area contributed by atoms with Crippen molar-refractivity contribution in [1.82, 2.24) is 15.2 Å². The predicted molar refractivity (Wildman–Crippen MR) is 89.4 cm³/mol. The van der Waals surface area contributed by atoms with Gasteiger partial charge in [0.25, 0.3) is 0 Å². The van der Waals surface area contributed by atoms with Gasteiger partial charge in [0.2, 0.25) is 0 Å². The highest BCUT2D eigenvalue weighted by molar-refractivity contribution is 5.88. The van der Waals surface area contributed by atoms with E-state index in [1.165, 1.54) is 12.1 Å². The summed E-state index contributed by atoms with van der Waals surface area (Å²) in [6, 6.07) is 16.1. The molecule has 0 unspecified atom stereocenters. The maximum absolute atomic E-state index is 14.0. The van der Waals surface area contributed by atoms with E-state index in [4.69, 9.17) is 5.26 Å². The number of fused-ring (bicyclic) bond motifs is 1. The van der Waals surface area contributed by atoms with Gasteiger partial charge in [-0.15, -0.1) is 0 Å². The lowest BCUT2D eigenvalue weighted by Gasteiger charge is -2.09. The van der Waals surface area contributed by atoms with Crippen LogP contribution >= 0.6 is 0 Å². The van der Waals surface area contributed by atoms with Gasteiger partial charge in [0, 0.05) is 22.7 Å². The summed E-state index contributed by atoms with van der Waals surface area (Å²) in [4.78, 5) is 4.42. The molecule has 2 aromatic carbocycles. The standard InChI is InChI=1S/C19H11FN4/c20-17-9-13(3-4-14(17)10-21)19-16(2-1-7-22-19)12-5-6-18-15(8-12)11-23-24-18/h1-9,11H,(H,23,24). The summed E-state index contributed by atoms with van der Waals surface area (Å²) in [5, 5.41) is 16.8. The highest BCUT2D eigenvalue weighted by Crippen LogP contribution is 2.32. The number of pyridine rings is 1. The van der Waals surface area contributed by atoms with Gasteiger partial charge in [-0.05, 0) is 35.9 Å². The number of nitriles is 1. The number of benzene rings is 2. The predicted octanol–water partition coefficient (Wildman–Crippen LogP) is 4.30. The zero-order chi connectivity index (χ0) is 16.5. The van der Waals surface area contributed by atoms with Crippen LogP contribution in [0.15, 0.2) is 60.9 Å². The van der Waals surface area contributed by atoms with Crippen LogP contribution in [0.5, 0.6) is 0 Å². The Balaban J connectivity index is 1.89. The summed E-state index contributed by atoms with van der Waals surface area (Å²) in [5.41, 5.74) is 4.14. The average molecular weight is 314 g/mol. The van der Waals surface area contributed by atoms with Crippen LogP contribution in [0.3, 0.4) is 0 Å². The molecule has 0 spiro atoms. The second kappa shape index (κ2) is 5.60. The molecule has 0 aliphatic heterocycles. The lowest BCUT2D eigenvalue weighted by molar-refractivity contribution is 0.624. The molecule has 0 saturated carbocycles. The molecular weight excluding hydrogens is 303 g/mol. The molecule has 4 aromatic rings. The van der Waals surface area contributed by atoms with Crippen molar-refractivity contribution in [2.75, 3.05) is 0 Å². The van der Waals surface area contributed by atoms with Crippen molar-refractivity contribution in [3.8, 4) is 28.5 Å². The van der Waals surface area contributed by atoms with Gasteiger partial charge in [0.1, 0.15) is 11.9 Å².